The lowest BCUT2D eigenvalue weighted by atomic mass is 9.92. The average molecular weight is 289 g/mol. The first-order chi connectivity index (χ1) is 9.86. The van der Waals surface area contributed by atoms with Crippen LogP contribution in [0.5, 0.6) is 0 Å². The standard InChI is InChI=1S/C15H15NO5/c1-8-15(2,5-6-21-8)16-12(17)10-4-3-9(14(19)20)7-11(10)13(16)18/h3-4,7-8H,5-6H2,1-2H3,(H,19,20). The van der Waals surface area contributed by atoms with Gasteiger partial charge in [0.15, 0.2) is 0 Å². The summed E-state index contributed by atoms with van der Waals surface area (Å²) < 4.78 is 5.50. The smallest absolute Gasteiger partial charge is 0.335 e. The number of fused-ring (bicyclic) bond motifs is 1. The summed E-state index contributed by atoms with van der Waals surface area (Å²) in [5.74, 6) is -1.95. The van der Waals surface area contributed by atoms with Crippen molar-refractivity contribution in [3.8, 4) is 0 Å². The Balaban J connectivity index is 2.07. The molecule has 2 unspecified atom stereocenters. The summed E-state index contributed by atoms with van der Waals surface area (Å²) >= 11 is 0. The Morgan fingerprint density at radius 2 is 2.00 bits per heavy atom. The van der Waals surface area contributed by atoms with Crippen molar-refractivity contribution in [2.45, 2.75) is 31.9 Å². The first kappa shape index (κ1) is 13.8. The lowest BCUT2D eigenvalue weighted by Crippen LogP contribution is -2.53. The van der Waals surface area contributed by atoms with E-state index in [1.165, 1.54) is 23.1 Å². The van der Waals surface area contributed by atoms with Gasteiger partial charge < -0.3 is 9.84 Å². The molecule has 0 bridgehead atoms. The van der Waals surface area contributed by atoms with Crippen LogP contribution >= 0.6 is 0 Å². The van der Waals surface area contributed by atoms with Crippen molar-refractivity contribution in [1.82, 2.24) is 4.90 Å². The van der Waals surface area contributed by atoms with Gasteiger partial charge in [-0.15, -0.1) is 0 Å². The van der Waals surface area contributed by atoms with Crippen molar-refractivity contribution >= 4 is 17.8 Å². The summed E-state index contributed by atoms with van der Waals surface area (Å²) in [4.78, 5) is 37.3. The summed E-state index contributed by atoms with van der Waals surface area (Å²) in [6, 6.07) is 4.01. The van der Waals surface area contributed by atoms with Crippen LogP contribution in [0.25, 0.3) is 0 Å². The third-order valence-electron chi connectivity index (χ3n) is 4.50. The minimum absolute atomic E-state index is 0.00220. The van der Waals surface area contributed by atoms with Gasteiger partial charge in [-0.3, -0.25) is 14.5 Å². The number of hydrogen-bond acceptors (Lipinski definition) is 4. The normalized spacial score (nSPS) is 28.1. The topological polar surface area (TPSA) is 83.9 Å². The number of hydrogen-bond donors (Lipinski definition) is 1. The molecule has 0 saturated carbocycles. The monoisotopic (exact) mass is 289 g/mol. The van der Waals surface area contributed by atoms with Gasteiger partial charge in [-0.25, -0.2) is 4.79 Å². The Hall–Kier alpha value is -2.21. The highest BCUT2D eigenvalue weighted by Crippen LogP contribution is 2.38. The first-order valence-corrected chi connectivity index (χ1v) is 6.74. The van der Waals surface area contributed by atoms with Gasteiger partial charge in [0.2, 0.25) is 0 Å². The number of carbonyl (C=O) groups is 3. The zero-order valence-electron chi connectivity index (χ0n) is 11.8. The second-order valence-electron chi connectivity index (χ2n) is 5.63. The van der Waals surface area contributed by atoms with Gasteiger partial charge in [0, 0.05) is 6.61 Å². The zero-order valence-corrected chi connectivity index (χ0v) is 11.8. The van der Waals surface area contributed by atoms with Gasteiger partial charge in [-0.05, 0) is 38.5 Å². The van der Waals surface area contributed by atoms with Crippen molar-refractivity contribution in [3.63, 3.8) is 0 Å². The molecule has 0 radical (unpaired) electrons. The summed E-state index contributed by atoms with van der Waals surface area (Å²) in [6.07, 6.45) is 0.324. The maximum atomic E-state index is 12.6. The molecule has 1 saturated heterocycles. The molecule has 6 nitrogen and oxygen atoms in total. The number of imide groups is 1. The van der Waals surface area contributed by atoms with Gasteiger partial charge in [0.05, 0.1) is 28.3 Å². The van der Waals surface area contributed by atoms with E-state index in [4.69, 9.17) is 9.84 Å². The molecule has 6 heteroatoms. The fraction of sp³-hybridized carbons (Fsp3) is 0.400. The molecular weight excluding hydrogens is 274 g/mol. The Bertz CT molecular complexity index is 668. The molecule has 2 atom stereocenters. The molecule has 0 aromatic heterocycles. The molecule has 0 spiro atoms. The Morgan fingerprint density at radius 1 is 1.33 bits per heavy atom. The van der Waals surface area contributed by atoms with E-state index in [0.29, 0.717) is 13.0 Å². The fourth-order valence-electron chi connectivity index (χ4n) is 2.96. The maximum Gasteiger partial charge on any atom is 0.335 e. The summed E-state index contributed by atoms with van der Waals surface area (Å²) in [5.41, 5.74) is -0.292. The summed E-state index contributed by atoms with van der Waals surface area (Å²) in [5, 5.41) is 9.01. The molecule has 1 fully saturated rings. The minimum Gasteiger partial charge on any atom is -0.478 e. The van der Waals surface area contributed by atoms with Crippen LogP contribution in [0.4, 0.5) is 0 Å². The lowest BCUT2D eigenvalue weighted by Gasteiger charge is -2.35. The van der Waals surface area contributed by atoms with Gasteiger partial charge in [0.25, 0.3) is 11.8 Å². The molecule has 1 N–H and O–H groups in total. The largest absolute Gasteiger partial charge is 0.478 e. The van der Waals surface area contributed by atoms with Crippen molar-refractivity contribution in [3.05, 3.63) is 34.9 Å². The van der Waals surface area contributed by atoms with E-state index in [1.807, 2.05) is 13.8 Å². The molecule has 3 rings (SSSR count). The lowest BCUT2D eigenvalue weighted by molar-refractivity contribution is 0.0209. The van der Waals surface area contributed by atoms with E-state index in [0.717, 1.165) is 0 Å². The predicted molar refractivity (Wildman–Crippen MR) is 72.3 cm³/mol. The van der Waals surface area contributed by atoms with Gasteiger partial charge in [-0.2, -0.15) is 0 Å². The van der Waals surface area contributed by atoms with Crippen molar-refractivity contribution < 1.29 is 24.2 Å². The Kier molecular flexibility index (Phi) is 2.88. The molecule has 2 aliphatic heterocycles. The maximum absolute atomic E-state index is 12.6. The average Bonchev–Trinajstić information content (AvgIpc) is 2.90. The number of carboxylic acids is 1. The molecular formula is C15H15NO5. The number of aromatic carboxylic acids is 1. The van der Waals surface area contributed by atoms with Crippen LogP contribution in [0.2, 0.25) is 0 Å². The third kappa shape index (κ3) is 1.79. The minimum atomic E-state index is -1.12. The highest BCUT2D eigenvalue weighted by molar-refractivity contribution is 6.22. The fourth-order valence-corrected chi connectivity index (χ4v) is 2.96. The van der Waals surface area contributed by atoms with Crippen LogP contribution in [0.1, 0.15) is 51.3 Å². The highest BCUT2D eigenvalue weighted by Gasteiger charge is 2.51. The third-order valence-corrected chi connectivity index (χ3v) is 4.50. The molecule has 21 heavy (non-hydrogen) atoms. The number of ether oxygens (including phenoxy) is 1. The van der Waals surface area contributed by atoms with E-state index in [9.17, 15) is 14.4 Å². The SMILES string of the molecule is CC1OCCC1(C)N1C(=O)c2ccc(C(=O)O)cc2C1=O. The van der Waals surface area contributed by atoms with E-state index in [2.05, 4.69) is 0 Å². The number of amides is 2. The van der Waals surface area contributed by atoms with E-state index in [1.54, 1.807) is 0 Å². The molecule has 110 valence electrons. The predicted octanol–water partition coefficient (Wildman–Crippen LogP) is 1.55. The van der Waals surface area contributed by atoms with Crippen LogP contribution in [0.3, 0.4) is 0 Å². The summed E-state index contributed by atoms with van der Waals surface area (Å²) in [7, 11) is 0. The molecule has 2 aliphatic rings. The molecule has 1 aromatic carbocycles. The number of nitrogens with zero attached hydrogens (tertiary/aromatic N) is 1. The van der Waals surface area contributed by atoms with Gasteiger partial charge in [-0.1, -0.05) is 0 Å². The first-order valence-electron chi connectivity index (χ1n) is 6.74. The van der Waals surface area contributed by atoms with Crippen molar-refractivity contribution in [2.24, 2.45) is 0 Å². The van der Waals surface area contributed by atoms with Crippen molar-refractivity contribution in [2.75, 3.05) is 6.61 Å². The van der Waals surface area contributed by atoms with Crippen LogP contribution in [0, 0.1) is 0 Å². The second kappa shape index (κ2) is 4.39. The molecule has 2 amide bonds. The number of carbonyl (C=O) groups excluding carboxylic acids is 2. The number of rotatable bonds is 2. The van der Waals surface area contributed by atoms with Crippen LogP contribution in [-0.4, -0.2) is 46.0 Å². The van der Waals surface area contributed by atoms with Gasteiger partial charge in [0.1, 0.15) is 0 Å². The quantitative estimate of drug-likeness (QED) is 0.835. The molecule has 2 heterocycles. The Morgan fingerprint density at radius 3 is 2.57 bits per heavy atom. The highest BCUT2D eigenvalue weighted by atomic mass is 16.5. The summed E-state index contributed by atoms with van der Waals surface area (Å²) in [6.45, 7) is 4.15. The van der Waals surface area contributed by atoms with Crippen molar-refractivity contribution in [1.29, 1.82) is 0 Å². The zero-order chi connectivity index (χ0) is 15.4. The van der Waals surface area contributed by atoms with Crippen LogP contribution in [-0.2, 0) is 4.74 Å². The van der Waals surface area contributed by atoms with E-state index in [-0.39, 0.29) is 28.7 Å². The van der Waals surface area contributed by atoms with Crippen LogP contribution in [0.15, 0.2) is 18.2 Å². The number of benzene rings is 1. The van der Waals surface area contributed by atoms with E-state index >= 15 is 0 Å². The van der Waals surface area contributed by atoms with E-state index < -0.39 is 17.4 Å². The van der Waals surface area contributed by atoms with Gasteiger partial charge >= 0.3 is 5.97 Å². The second-order valence-corrected chi connectivity index (χ2v) is 5.63. The number of carboxylic acid groups (broad SMARTS) is 1. The Labute approximate surface area is 121 Å². The van der Waals surface area contributed by atoms with Crippen LogP contribution < -0.4 is 0 Å². The molecule has 0 aliphatic carbocycles. The molecule has 1 aromatic rings.